The average Bonchev–Trinajstić information content (AvgIpc) is 2.76. The Labute approximate surface area is 117 Å². The first-order valence-electron chi connectivity index (χ1n) is 6.77. The van der Waals surface area contributed by atoms with Crippen LogP contribution in [0.25, 0.3) is 10.9 Å². The lowest BCUT2D eigenvalue weighted by Crippen LogP contribution is -2.49. The number of nitrogens with zero attached hydrogens (tertiary/aromatic N) is 1. The van der Waals surface area contributed by atoms with Gasteiger partial charge in [0, 0.05) is 29.7 Å². The molecule has 1 aliphatic rings. The standard InChI is InChI=1S/C15H18N2O3/c1-10-12(11-4-2-3-5-13(11)16-10)8-17-6-7-20-9-14(17)15(18)19/h2-5,14,16H,6-9H2,1H3,(H,18,19). The van der Waals surface area contributed by atoms with Crippen molar-refractivity contribution in [3.8, 4) is 0 Å². The molecule has 5 heteroatoms. The number of hydrogen-bond acceptors (Lipinski definition) is 3. The molecule has 0 bridgehead atoms. The minimum atomic E-state index is -0.817. The number of ether oxygens (including phenoxy) is 1. The molecule has 1 atom stereocenters. The highest BCUT2D eigenvalue weighted by molar-refractivity contribution is 5.84. The molecule has 0 amide bonds. The maximum absolute atomic E-state index is 11.3. The fraction of sp³-hybridized carbons (Fsp3) is 0.400. The number of aliphatic carboxylic acids is 1. The number of carboxylic acid groups (broad SMARTS) is 1. The highest BCUT2D eigenvalue weighted by atomic mass is 16.5. The van der Waals surface area contributed by atoms with Crippen molar-refractivity contribution in [1.82, 2.24) is 9.88 Å². The molecule has 1 aromatic carbocycles. The highest BCUT2D eigenvalue weighted by Gasteiger charge is 2.29. The van der Waals surface area contributed by atoms with E-state index in [2.05, 4.69) is 11.1 Å². The minimum Gasteiger partial charge on any atom is -0.480 e. The zero-order chi connectivity index (χ0) is 14.1. The maximum Gasteiger partial charge on any atom is 0.323 e. The second-order valence-electron chi connectivity index (χ2n) is 5.17. The van der Waals surface area contributed by atoms with Crippen molar-refractivity contribution in [2.45, 2.75) is 19.5 Å². The molecule has 1 aliphatic heterocycles. The molecule has 1 saturated heterocycles. The molecule has 1 fully saturated rings. The molecule has 0 spiro atoms. The van der Waals surface area contributed by atoms with Crippen LogP contribution >= 0.6 is 0 Å². The minimum absolute atomic E-state index is 0.261. The third kappa shape index (κ3) is 2.30. The summed E-state index contributed by atoms with van der Waals surface area (Å²) < 4.78 is 5.28. The number of fused-ring (bicyclic) bond motifs is 1. The van der Waals surface area contributed by atoms with Crippen molar-refractivity contribution in [2.75, 3.05) is 19.8 Å². The number of aryl methyl sites for hydroxylation is 1. The lowest BCUT2D eigenvalue weighted by molar-refractivity contribution is -0.150. The van der Waals surface area contributed by atoms with Crippen molar-refractivity contribution >= 4 is 16.9 Å². The lowest BCUT2D eigenvalue weighted by Gasteiger charge is -2.32. The van der Waals surface area contributed by atoms with Gasteiger partial charge in [-0.2, -0.15) is 0 Å². The van der Waals surface area contributed by atoms with Gasteiger partial charge in [-0.15, -0.1) is 0 Å². The van der Waals surface area contributed by atoms with Crippen LogP contribution in [-0.2, 0) is 16.1 Å². The van der Waals surface area contributed by atoms with Crippen LogP contribution in [0, 0.1) is 6.92 Å². The van der Waals surface area contributed by atoms with Crippen molar-refractivity contribution in [3.63, 3.8) is 0 Å². The quantitative estimate of drug-likeness (QED) is 0.895. The number of carboxylic acids is 1. The fourth-order valence-corrected chi connectivity index (χ4v) is 2.80. The van der Waals surface area contributed by atoms with Crippen LogP contribution in [0.3, 0.4) is 0 Å². The van der Waals surface area contributed by atoms with E-state index in [0.717, 1.165) is 11.2 Å². The number of benzene rings is 1. The predicted molar refractivity (Wildman–Crippen MR) is 75.7 cm³/mol. The monoisotopic (exact) mass is 274 g/mol. The largest absolute Gasteiger partial charge is 0.480 e. The summed E-state index contributed by atoms with van der Waals surface area (Å²) in [5.41, 5.74) is 3.37. The van der Waals surface area contributed by atoms with Crippen LogP contribution in [-0.4, -0.2) is 46.8 Å². The second-order valence-corrected chi connectivity index (χ2v) is 5.17. The number of aromatic nitrogens is 1. The zero-order valence-corrected chi connectivity index (χ0v) is 11.4. The SMILES string of the molecule is Cc1[nH]c2ccccc2c1CN1CCOCC1C(=O)O. The molecule has 0 radical (unpaired) electrons. The third-order valence-electron chi connectivity index (χ3n) is 3.91. The van der Waals surface area contributed by atoms with Crippen LogP contribution in [0.2, 0.25) is 0 Å². The van der Waals surface area contributed by atoms with E-state index in [4.69, 9.17) is 4.74 Å². The Morgan fingerprint density at radius 2 is 2.30 bits per heavy atom. The summed E-state index contributed by atoms with van der Waals surface area (Å²) in [6, 6.07) is 7.56. The van der Waals surface area contributed by atoms with E-state index in [1.165, 1.54) is 10.9 Å². The molecule has 2 heterocycles. The van der Waals surface area contributed by atoms with E-state index >= 15 is 0 Å². The lowest BCUT2D eigenvalue weighted by atomic mass is 10.1. The van der Waals surface area contributed by atoms with E-state index in [9.17, 15) is 9.90 Å². The molecule has 0 aliphatic carbocycles. The number of carbonyl (C=O) groups is 1. The van der Waals surface area contributed by atoms with Gasteiger partial charge in [-0.1, -0.05) is 18.2 Å². The van der Waals surface area contributed by atoms with Crippen molar-refractivity contribution in [1.29, 1.82) is 0 Å². The summed E-state index contributed by atoms with van der Waals surface area (Å²) in [6.07, 6.45) is 0. The maximum atomic E-state index is 11.3. The summed E-state index contributed by atoms with van der Waals surface area (Å²) in [5, 5.41) is 10.5. The Bertz CT molecular complexity index is 635. The summed E-state index contributed by atoms with van der Waals surface area (Å²) in [5.74, 6) is -0.817. The van der Waals surface area contributed by atoms with Gasteiger partial charge in [0.15, 0.2) is 0 Å². The Morgan fingerprint density at radius 1 is 1.50 bits per heavy atom. The summed E-state index contributed by atoms with van der Waals surface area (Å²) >= 11 is 0. The van der Waals surface area contributed by atoms with Crippen molar-refractivity contribution < 1.29 is 14.6 Å². The Balaban J connectivity index is 1.92. The third-order valence-corrected chi connectivity index (χ3v) is 3.91. The van der Waals surface area contributed by atoms with Gasteiger partial charge >= 0.3 is 5.97 Å². The average molecular weight is 274 g/mol. The predicted octanol–water partition coefficient (Wildman–Crippen LogP) is 1.76. The van der Waals surface area contributed by atoms with Gasteiger partial charge in [-0.3, -0.25) is 9.69 Å². The smallest absolute Gasteiger partial charge is 0.323 e. The van der Waals surface area contributed by atoms with Gasteiger partial charge in [0.1, 0.15) is 6.04 Å². The van der Waals surface area contributed by atoms with Gasteiger partial charge in [0.2, 0.25) is 0 Å². The zero-order valence-electron chi connectivity index (χ0n) is 11.4. The topological polar surface area (TPSA) is 65.6 Å². The molecule has 1 unspecified atom stereocenters. The molecule has 20 heavy (non-hydrogen) atoms. The first-order valence-corrected chi connectivity index (χ1v) is 6.77. The molecule has 5 nitrogen and oxygen atoms in total. The van der Waals surface area contributed by atoms with Gasteiger partial charge in [0.05, 0.1) is 13.2 Å². The summed E-state index contributed by atoms with van der Waals surface area (Å²) in [4.78, 5) is 16.6. The van der Waals surface area contributed by atoms with Gasteiger partial charge < -0.3 is 14.8 Å². The Hall–Kier alpha value is -1.85. The van der Waals surface area contributed by atoms with Gasteiger partial charge in [-0.05, 0) is 18.6 Å². The molecule has 106 valence electrons. The van der Waals surface area contributed by atoms with Crippen LogP contribution in [0.5, 0.6) is 0 Å². The number of hydrogen-bond donors (Lipinski definition) is 2. The van der Waals surface area contributed by atoms with E-state index in [-0.39, 0.29) is 6.61 Å². The van der Waals surface area contributed by atoms with Crippen LogP contribution in [0.1, 0.15) is 11.3 Å². The molecule has 1 aromatic heterocycles. The Kier molecular flexibility index (Phi) is 3.46. The number of rotatable bonds is 3. The molecular formula is C15H18N2O3. The number of morpholine rings is 1. The van der Waals surface area contributed by atoms with Crippen molar-refractivity contribution in [3.05, 3.63) is 35.5 Å². The molecular weight excluding hydrogens is 256 g/mol. The fourth-order valence-electron chi connectivity index (χ4n) is 2.80. The molecule has 3 rings (SSSR count). The van der Waals surface area contributed by atoms with Crippen LogP contribution < -0.4 is 0 Å². The van der Waals surface area contributed by atoms with E-state index in [1.54, 1.807) is 0 Å². The number of nitrogens with one attached hydrogen (secondary N) is 1. The summed E-state index contributed by atoms with van der Waals surface area (Å²) in [7, 11) is 0. The molecule has 2 N–H and O–H groups in total. The Morgan fingerprint density at radius 3 is 3.10 bits per heavy atom. The number of aromatic amines is 1. The first-order chi connectivity index (χ1) is 9.66. The van der Waals surface area contributed by atoms with Gasteiger partial charge in [-0.25, -0.2) is 0 Å². The first kappa shape index (κ1) is 13.1. The van der Waals surface area contributed by atoms with Crippen LogP contribution in [0.4, 0.5) is 0 Å². The highest BCUT2D eigenvalue weighted by Crippen LogP contribution is 2.24. The molecule has 0 saturated carbocycles. The van der Waals surface area contributed by atoms with Crippen LogP contribution in [0.15, 0.2) is 24.3 Å². The number of para-hydroxylation sites is 1. The van der Waals surface area contributed by atoms with Gasteiger partial charge in [0.25, 0.3) is 0 Å². The van der Waals surface area contributed by atoms with E-state index < -0.39 is 12.0 Å². The van der Waals surface area contributed by atoms with E-state index in [0.29, 0.717) is 19.7 Å². The normalized spacial score (nSPS) is 20.4. The molecule has 2 aromatic rings. The second kappa shape index (κ2) is 5.26. The summed E-state index contributed by atoms with van der Waals surface area (Å²) in [6.45, 7) is 4.17. The van der Waals surface area contributed by atoms with E-state index in [1.807, 2.05) is 30.0 Å². The number of H-pyrrole nitrogens is 1. The van der Waals surface area contributed by atoms with Crippen molar-refractivity contribution in [2.24, 2.45) is 0 Å².